The molecule has 1 saturated heterocycles. The molecule has 1 heterocycles. The molecule has 0 N–H and O–H groups in total. The lowest BCUT2D eigenvalue weighted by Gasteiger charge is -2.26. The summed E-state index contributed by atoms with van der Waals surface area (Å²) in [5, 5.41) is 0. The van der Waals surface area contributed by atoms with Crippen LogP contribution in [-0.4, -0.2) is 40.3 Å². The summed E-state index contributed by atoms with van der Waals surface area (Å²) >= 11 is 0. The van der Waals surface area contributed by atoms with Crippen molar-refractivity contribution >= 4 is 8.32 Å². The molecule has 0 aromatic heterocycles. The van der Waals surface area contributed by atoms with Gasteiger partial charge in [0.05, 0.1) is 13.2 Å². The van der Waals surface area contributed by atoms with E-state index in [-0.39, 0.29) is 0 Å². The molecule has 1 rings (SSSR count). The van der Waals surface area contributed by atoms with Gasteiger partial charge < -0.3 is 13.9 Å². The lowest BCUT2D eigenvalue weighted by atomic mass is 10.1. The molecule has 1 fully saturated rings. The topological polar surface area (TPSA) is 31.0 Å². The van der Waals surface area contributed by atoms with Crippen molar-refractivity contribution in [2.24, 2.45) is 0 Å². The molecule has 17 heavy (non-hydrogen) atoms. The molecule has 3 nitrogen and oxygen atoms in total. The molecule has 1 aliphatic rings. The first-order chi connectivity index (χ1) is 8.01. The first kappa shape index (κ1) is 15.2. The molecule has 0 spiro atoms. The van der Waals surface area contributed by atoms with Gasteiger partial charge in [0.25, 0.3) is 0 Å². The van der Waals surface area contributed by atoms with Gasteiger partial charge in [0.15, 0.2) is 8.32 Å². The van der Waals surface area contributed by atoms with Gasteiger partial charge >= 0.3 is 0 Å². The third kappa shape index (κ3) is 8.77. The molecule has 0 aliphatic carbocycles. The van der Waals surface area contributed by atoms with Gasteiger partial charge in [-0.15, -0.1) is 0 Å². The third-order valence-corrected chi connectivity index (χ3v) is 3.69. The van der Waals surface area contributed by atoms with E-state index in [2.05, 4.69) is 26.6 Å². The van der Waals surface area contributed by atoms with Gasteiger partial charge in [0.1, 0.15) is 6.10 Å². The second kappa shape index (κ2) is 7.51. The lowest BCUT2D eigenvalue weighted by molar-refractivity contribution is 0.0976. The fraction of sp³-hybridized carbons (Fsp3) is 1.00. The zero-order valence-corrected chi connectivity index (χ0v) is 12.8. The summed E-state index contributed by atoms with van der Waals surface area (Å²) < 4.78 is 16.8. The third-order valence-electron chi connectivity index (χ3n) is 2.65. The van der Waals surface area contributed by atoms with E-state index in [9.17, 15) is 0 Å². The summed E-state index contributed by atoms with van der Waals surface area (Å²) in [6, 6.07) is 0. The fourth-order valence-corrected chi connectivity index (χ4v) is 3.11. The second-order valence-electron chi connectivity index (χ2n) is 5.81. The van der Waals surface area contributed by atoms with Crippen molar-refractivity contribution in [2.45, 2.75) is 64.5 Å². The van der Waals surface area contributed by atoms with E-state index in [1.165, 1.54) is 12.8 Å². The van der Waals surface area contributed by atoms with Crippen LogP contribution >= 0.6 is 0 Å². The maximum atomic E-state index is 6.18. The number of hydrogen-bond donors (Lipinski definition) is 0. The maximum absolute atomic E-state index is 6.18. The Morgan fingerprint density at radius 2 is 2.00 bits per heavy atom. The SMILES string of the molecule is CCCC(CCCOCC1CO1)O[Si](C)(C)C. The van der Waals surface area contributed by atoms with Crippen LogP contribution in [0, 0.1) is 0 Å². The van der Waals surface area contributed by atoms with E-state index in [4.69, 9.17) is 13.9 Å². The van der Waals surface area contributed by atoms with Crippen molar-refractivity contribution in [2.75, 3.05) is 19.8 Å². The molecule has 2 atom stereocenters. The van der Waals surface area contributed by atoms with Crippen LogP contribution < -0.4 is 0 Å². The molecule has 2 unspecified atom stereocenters. The van der Waals surface area contributed by atoms with E-state index >= 15 is 0 Å². The van der Waals surface area contributed by atoms with E-state index in [0.29, 0.717) is 12.2 Å². The van der Waals surface area contributed by atoms with E-state index in [1.807, 2.05) is 0 Å². The second-order valence-corrected chi connectivity index (χ2v) is 10.3. The molecule has 0 aromatic carbocycles. The molecule has 0 amide bonds. The van der Waals surface area contributed by atoms with Crippen LogP contribution in [0.5, 0.6) is 0 Å². The monoisotopic (exact) mass is 260 g/mol. The molecule has 0 radical (unpaired) electrons. The molecule has 4 heteroatoms. The standard InChI is InChI=1S/C13H28O3Si/c1-5-7-12(16-17(2,3)4)8-6-9-14-10-13-11-15-13/h12-13H,5-11H2,1-4H3. The average molecular weight is 260 g/mol. The normalized spacial score (nSPS) is 21.5. The predicted octanol–water partition coefficient (Wildman–Crippen LogP) is 3.20. The molecular formula is C13H28O3Si. The predicted molar refractivity (Wildman–Crippen MR) is 72.9 cm³/mol. The Bertz CT molecular complexity index is 199. The summed E-state index contributed by atoms with van der Waals surface area (Å²) in [6.07, 6.45) is 5.43. The van der Waals surface area contributed by atoms with E-state index < -0.39 is 8.32 Å². The van der Waals surface area contributed by atoms with Crippen molar-refractivity contribution in [3.63, 3.8) is 0 Å². The van der Waals surface area contributed by atoms with Crippen LogP contribution in [0.1, 0.15) is 32.6 Å². The van der Waals surface area contributed by atoms with Crippen molar-refractivity contribution in [3.8, 4) is 0 Å². The highest BCUT2D eigenvalue weighted by Crippen LogP contribution is 2.16. The quantitative estimate of drug-likeness (QED) is 0.343. The van der Waals surface area contributed by atoms with Crippen LogP contribution in [0.15, 0.2) is 0 Å². The Morgan fingerprint density at radius 1 is 1.29 bits per heavy atom. The van der Waals surface area contributed by atoms with Gasteiger partial charge in [0.2, 0.25) is 0 Å². The first-order valence-corrected chi connectivity index (χ1v) is 10.3. The van der Waals surface area contributed by atoms with Crippen LogP contribution in [-0.2, 0) is 13.9 Å². The highest BCUT2D eigenvalue weighted by molar-refractivity contribution is 6.69. The Hall–Kier alpha value is 0.0969. The maximum Gasteiger partial charge on any atom is 0.184 e. The minimum Gasteiger partial charge on any atom is -0.415 e. The highest BCUT2D eigenvalue weighted by atomic mass is 28.4. The summed E-state index contributed by atoms with van der Waals surface area (Å²) in [6.45, 7) is 11.5. The molecule has 0 bridgehead atoms. The molecule has 0 saturated carbocycles. The van der Waals surface area contributed by atoms with Gasteiger partial charge in [-0.3, -0.25) is 0 Å². The Morgan fingerprint density at radius 3 is 2.53 bits per heavy atom. The van der Waals surface area contributed by atoms with Crippen LogP contribution in [0.4, 0.5) is 0 Å². The van der Waals surface area contributed by atoms with Gasteiger partial charge in [0, 0.05) is 12.7 Å². The molecule has 0 aromatic rings. The van der Waals surface area contributed by atoms with E-state index in [1.54, 1.807) is 0 Å². The fourth-order valence-electron chi connectivity index (χ4n) is 1.88. The van der Waals surface area contributed by atoms with Gasteiger partial charge in [-0.05, 0) is 38.9 Å². The Kier molecular flexibility index (Phi) is 6.70. The van der Waals surface area contributed by atoms with Crippen molar-refractivity contribution in [1.29, 1.82) is 0 Å². The van der Waals surface area contributed by atoms with Crippen LogP contribution in [0.3, 0.4) is 0 Å². The van der Waals surface area contributed by atoms with Gasteiger partial charge in [-0.25, -0.2) is 0 Å². The zero-order valence-electron chi connectivity index (χ0n) is 11.8. The summed E-state index contributed by atoms with van der Waals surface area (Å²) in [7, 11) is -1.39. The van der Waals surface area contributed by atoms with Gasteiger partial charge in [-0.2, -0.15) is 0 Å². The minimum absolute atomic E-state index is 0.389. The lowest BCUT2D eigenvalue weighted by Crippen LogP contribution is -2.32. The van der Waals surface area contributed by atoms with E-state index in [0.717, 1.165) is 32.7 Å². The smallest absolute Gasteiger partial charge is 0.184 e. The number of rotatable bonds is 10. The van der Waals surface area contributed by atoms with Crippen LogP contribution in [0.2, 0.25) is 19.6 Å². The van der Waals surface area contributed by atoms with Crippen LogP contribution in [0.25, 0.3) is 0 Å². The van der Waals surface area contributed by atoms with Crippen molar-refractivity contribution in [1.82, 2.24) is 0 Å². The number of epoxide rings is 1. The van der Waals surface area contributed by atoms with Crippen molar-refractivity contribution in [3.05, 3.63) is 0 Å². The average Bonchev–Trinajstić information content (AvgIpc) is 2.99. The minimum atomic E-state index is -1.39. The zero-order chi connectivity index (χ0) is 12.7. The summed E-state index contributed by atoms with van der Waals surface area (Å²) in [4.78, 5) is 0. The Labute approximate surface area is 107 Å². The molecular weight excluding hydrogens is 232 g/mol. The number of ether oxygens (including phenoxy) is 2. The van der Waals surface area contributed by atoms with Gasteiger partial charge in [-0.1, -0.05) is 13.3 Å². The molecule has 1 aliphatic heterocycles. The summed E-state index contributed by atoms with van der Waals surface area (Å²) in [5.74, 6) is 0. The highest BCUT2D eigenvalue weighted by Gasteiger charge is 2.22. The largest absolute Gasteiger partial charge is 0.415 e. The first-order valence-electron chi connectivity index (χ1n) is 6.88. The molecule has 102 valence electrons. The summed E-state index contributed by atoms with van der Waals surface area (Å²) in [5.41, 5.74) is 0. The number of hydrogen-bond acceptors (Lipinski definition) is 3. The van der Waals surface area contributed by atoms with Crippen molar-refractivity contribution < 1.29 is 13.9 Å². The Balaban J connectivity index is 2.05.